The molecule has 2 aromatic rings. The zero-order chi connectivity index (χ0) is 13.0. The zero-order valence-corrected chi connectivity index (χ0v) is 11.9. The van der Waals surface area contributed by atoms with Gasteiger partial charge in [0.15, 0.2) is 0 Å². The lowest BCUT2D eigenvalue weighted by Gasteiger charge is -2.04. The van der Waals surface area contributed by atoms with Crippen LogP contribution in [0.5, 0.6) is 0 Å². The Bertz CT molecular complexity index is 524. The number of anilines is 1. The van der Waals surface area contributed by atoms with Crippen molar-refractivity contribution in [1.29, 1.82) is 0 Å². The Balaban J connectivity index is 2.32. The summed E-state index contributed by atoms with van der Waals surface area (Å²) in [5.74, 6) is 1.83. The molecule has 0 fully saturated rings. The van der Waals surface area contributed by atoms with E-state index in [1.165, 1.54) is 4.88 Å². The van der Waals surface area contributed by atoms with Gasteiger partial charge in [-0.25, -0.2) is 9.97 Å². The van der Waals surface area contributed by atoms with E-state index < -0.39 is 0 Å². The van der Waals surface area contributed by atoms with Crippen LogP contribution in [0.1, 0.15) is 24.0 Å². The molecule has 0 bridgehead atoms. The van der Waals surface area contributed by atoms with Gasteiger partial charge in [0.2, 0.25) is 0 Å². The molecule has 18 heavy (non-hydrogen) atoms. The molecule has 0 unspecified atom stereocenters. The summed E-state index contributed by atoms with van der Waals surface area (Å²) in [5, 5.41) is 4.30. The SMILES string of the molecule is CCc1cc2c(NC)nc(CCCOC)nc2s1. The van der Waals surface area contributed by atoms with Gasteiger partial charge in [0.25, 0.3) is 0 Å². The molecule has 2 heterocycles. The van der Waals surface area contributed by atoms with E-state index in [-0.39, 0.29) is 0 Å². The highest BCUT2D eigenvalue weighted by Crippen LogP contribution is 2.29. The molecule has 0 spiro atoms. The van der Waals surface area contributed by atoms with Crippen LogP contribution >= 0.6 is 11.3 Å². The van der Waals surface area contributed by atoms with Crippen molar-refractivity contribution in [3.63, 3.8) is 0 Å². The van der Waals surface area contributed by atoms with Crippen LogP contribution in [0, 0.1) is 0 Å². The summed E-state index contributed by atoms with van der Waals surface area (Å²) < 4.78 is 5.06. The van der Waals surface area contributed by atoms with Crippen molar-refractivity contribution in [3.8, 4) is 0 Å². The molecular formula is C13H19N3OS. The number of aryl methyl sites for hydroxylation is 2. The van der Waals surface area contributed by atoms with Crippen LogP contribution in [0.25, 0.3) is 10.2 Å². The third-order valence-electron chi connectivity index (χ3n) is 2.82. The van der Waals surface area contributed by atoms with Gasteiger partial charge in [-0.05, 0) is 18.9 Å². The van der Waals surface area contributed by atoms with Crippen molar-refractivity contribution in [3.05, 3.63) is 16.8 Å². The van der Waals surface area contributed by atoms with Crippen molar-refractivity contribution < 1.29 is 4.74 Å². The fourth-order valence-corrected chi connectivity index (χ4v) is 2.85. The molecule has 0 aliphatic rings. The molecule has 0 aromatic carbocycles. The lowest BCUT2D eigenvalue weighted by Crippen LogP contribution is -2.02. The Morgan fingerprint density at radius 1 is 1.39 bits per heavy atom. The van der Waals surface area contributed by atoms with Gasteiger partial charge in [-0.3, -0.25) is 0 Å². The molecule has 98 valence electrons. The lowest BCUT2D eigenvalue weighted by molar-refractivity contribution is 0.194. The van der Waals surface area contributed by atoms with Crippen molar-refractivity contribution in [1.82, 2.24) is 9.97 Å². The fourth-order valence-electron chi connectivity index (χ4n) is 1.87. The van der Waals surface area contributed by atoms with Gasteiger partial charge >= 0.3 is 0 Å². The van der Waals surface area contributed by atoms with Crippen LogP contribution in [0.15, 0.2) is 6.07 Å². The highest BCUT2D eigenvalue weighted by Gasteiger charge is 2.10. The molecule has 5 heteroatoms. The maximum atomic E-state index is 5.06. The minimum absolute atomic E-state index is 0.751. The summed E-state index contributed by atoms with van der Waals surface area (Å²) in [6.45, 7) is 2.91. The maximum absolute atomic E-state index is 5.06. The third kappa shape index (κ3) is 2.79. The number of aromatic nitrogens is 2. The predicted octanol–water partition coefficient (Wildman–Crippen LogP) is 2.87. The topological polar surface area (TPSA) is 47.0 Å². The van der Waals surface area contributed by atoms with Gasteiger partial charge in [0.1, 0.15) is 16.5 Å². The Labute approximate surface area is 111 Å². The summed E-state index contributed by atoms with van der Waals surface area (Å²) in [4.78, 5) is 11.6. The molecule has 0 aliphatic carbocycles. The third-order valence-corrected chi connectivity index (χ3v) is 4.00. The molecule has 0 saturated heterocycles. The number of hydrogen-bond acceptors (Lipinski definition) is 5. The first-order valence-electron chi connectivity index (χ1n) is 6.24. The number of fused-ring (bicyclic) bond motifs is 1. The molecule has 2 rings (SSSR count). The lowest BCUT2D eigenvalue weighted by atomic mass is 10.2. The minimum atomic E-state index is 0.751. The highest BCUT2D eigenvalue weighted by molar-refractivity contribution is 7.18. The summed E-state index contributed by atoms with van der Waals surface area (Å²) in [6, 6.07) is 2.19. The second-order valence-electron chi connectivity index (χ2n) is 4.12. The van der Waals surface area contributed by atoms with E-state index in [1.807, 2.05) is 7.05 Å². The summed E-state index contributed by atoms with van der Waals surface area (Å²) in [6.07, 6.45) is 2.86. The Morgan fingerprint density at radius 2 is 2.22 bits per heavy atom. The molecule has 4 nitrogen and oxygen atoms in total. The van der Waals surface area contributed by atoms with Crippen LogP contribution in [-0.2, 0) is 17.6 Å². The second-order valence-corrected chi connectivity index (χ2v) is 5.24. The van der Waals surface area contributed by atoms with Gasteiger partial charge < -0.3 is 10.1 Å². The quantitative estimate of drug-likeness (QED) is 0.816. The summed E-state index contributed by atoms with van der Waals surface area (Å²) in [7, 11) is 3.62. The number of thiophene rings is 1. The van der Waals surface area contributed by atoms with Crippen LogP contribution < -0.4 is 5.32 Å². The zero-order valence-electron chi connectivity index (χ0n) is 11.1. The number of rotatable bonds is 6. The predicted molar refractivity (Wildman–Crippen MR) is 76.5 cm³/mol. The monoisotopic (exact) mass is 265 g/mol. The summed E-state index contributed by atoms with van der Waals surface area (Å²) >= 11 is 1.76. The first-order chi connectivity index (χ1) is 8.78. The van der Waals surface area contributed by atoms with Crippen molar-refractivity contribution in [2.45, 2.75) is 26.2 Å². The van der Waals surface area contributed by atoms with Crippen molar-refractivity contribution >= 4 is 27.4 Å². The molecule has 0 saturated carbocycles. The average Bonchev–Trinajstić information content (AvgIpc) is 2.81. The molecule has 0 radical (unpaired) electrons. The van der Waals surface area contributed by atoms with Crippen molar-refractivity contribution in [2.24, 2.45) is 0 Å². The second kappa shape index (κ2) is 6.11. The van der Waals surface area contributed by atoms with E-state index in [0.717, 1.165) is 47.7 Å². The number of methoxy groups -OCH3 is 1. The minimum Gasteiger partial charge on any atom is -0.385 e. The number of nitrogens with zero attached hydrogens (tertiary/aromatic N) is 2. The number of hydrogen-bond donors (Lipinski definition) is 1. The smallest absolute Gasteiger partial charge is 0.138 e. The van der Waals surface area contributed by atoms with Crippen molar-refractivity contribution in [2.75, 3.05) is 26.1 Å². The van der Waals surface area contributed by atoms with E-state index in [1.54, 1.807) is 18.4 Å². The number of nitrogens with one attached hydrogen (secondary N) is 1. The molecular weight excluding hydrogens is 246 g/mol. The molecule has 1 N–H and O–H groups in total. The largest absolute Gasteiger partial charge is 0.385 e. The molecule has 2 aromatic heterocycles. The van der Waals surface area contributed by atoms with Gasteiger partial charge in [-0.2, -0.15) is 0 Å². The van der Waals surface area contributed by atoms with Crippen LogP contribution in [-0.4, -0.2) is 30.7 Å². The Morgan fingerprint density at radius 3 is 2.89 bits per heavy atom. The first kappa shape index (κ1) is 13.2. The van der Waals surface area contributed by atoms with E-state index in [4.69, 9.17) is 4.74 Å². The van der Waals surface area contributed by atoms with Gasteiger partial charge in [-0.15, -0.1) is 11.3 Å². The van der Waals surface area contributed by atoms with E-state index in [9.17, 15) is 0 Å². The van der Waals surface area contributed by atoms with Gasteiger partial charge in [0, 0.05) is 32.1 Å². The Kier molecular flexibility index (Phi) is 4.49. The van der Waals surface area contributed by atoms with E-state index in [2.05, 4.69) is 28.3 Å². The fraction of sp³-hybridized carbons (Fsp3) is 0.538. The van der Waals surface area contributed by atoms with E-state index >= 15 is 0 Å². The maximum Gasteiger partial charge on any atom is 0.138 e. The number of ether oxygens (including phenoxy) is 1. The normalized spacial score (nSPS) is 11.1. The molecule has 0 amide bonds. The molecule has 0 atom stereocenters. The van der Waals surface area contributed by atoms with E-state index in [0.29, 0.717) is 0 Å². The Hall–Kier alpha value is -1.20. The first-order valence-corrected chi connectivity index (χ1v) is 7.06. The van der Waals surface area contributed by atoms with Gasteiger partial charge in [-0.1, -0.05) is 6.92 Å². The van der Waals surface area contributed by atoms with Crippen LogP contribution in [0.4, 0.5) is 5.82 Å². The average molecular weight is 265 g/mol. The van der Waals surface area contributed by atoms with Crippen LogP contribution in [0.2, 0.25) is 0 Å². The highest BCUT2D eigenvalue weighted by atomic mass is 32.1. The summed E-state index contributed by atoms with van der Waals surface area (Å²) in [5.41, 5.74) is 0. The molecule has 0 aliphatic heterocycles. The van der Waals surface area contributed by atoms with Gasteiger partial charge in [0.05, 0.1) is 5.39 Å². The van der Waals surface area contributed by atoms with Crippen LogP contribution in [0.3, 0.4) is 0 Å². The standard InChI is InChI=1S/C13H19N3OS/c1-4-9-8-10-12(14-2)15-11(6-5-7-17-3)16-13(10)18-9/h8H,4-7H2,1-3H3,(H,14,15,16).